The molecule has 0 N–H and O–H groups in total. The molecule has 1 fully saturated rings. The van der Waals surface area contributed by atoms with Crippen LogP contribution in [0.25, 0.3) is 0 Å². The Morgan fingerprint density at radius 3 is 2.30 bits per heavy atom. The van der Waals surface area contributed by atoms with Crippen molar-refractivity contribution in [1.29, 1.82) is 0 Å². The largest absolute Gasteiger partial charge is 0.494 e. The van der Waals surface area contributed by atoms with Crippen LogP contribution in [-0.2, 0) is 0 Å². The summed E-state index contributed by atoms with van der Waals surface area (Å²) in [6, 6.07) is 16.5. The minimum absolute atomic E-state index is 0.691. The third-order valence-electron chi connectivity index (χ3n) is 4.12. The highest BCUT2D eigenvalue weighted by Crippen LogP contribution is 2.23. The number of ether oxygens (including phenoxy) is 1. The van der Waals surface area contributed by atoms with E-state index in [-0.39, 0.29) is 0 Å². The Bertz CT molecular complexity index is 626. The zero-order chi connectivity index (χ0) is 15.9. The fourth-order valence-electron chi connectivity index (χ4n) is 2.87. The number of piperidine rings is 1. The molecule has 3 rings (SSSR count). The summed E-state index contributed by atoms with van der Waals surface area (Å²) >= 11 is 0. The molecule has 0 atom stereocenters. The van der Waals surface area contributed by atoms with E-state index in [1.807, 2.05) is 37.4 Å². The number of anilines is 1. The van der Waals surface area contributed by atoms with Crippen LogP contribution in [0.4, 0.5) is 11.4 Å². The van der Waals surface area contributed by atoms with Crippen LogP contribution in [0.1, 0.15) is 31.7 Å². The molecule has 0 aliphatic carbocycles. The molecule has 0 bridgehead atoms. The summed E-state index contributed by atoms with van der Waals surface area (Å²) in [6.45, 7) is 5.03. The molecule has 1 saturated heterocycles. The summed E-state index contributed by atoms with van der Waals surface area (Å²) in [5.74, 6) is 0.899. The van der Waals surface area contributed by atoms with Gasteiger partial charge in [0.15, 0.2) is 0 Å². The molecular formula is C20H24N2O. The predicted molar refractivity (Wildman–Crippen MR) is 97.4 cm³/mol. The van der Waals surface area contributed by atoms with E-state index in [1.54, 1.807) is 0 Å². The maximum atomic E-state index is 5.45. The van der Waals surface area contributed by atoms with E-state index in [2.05, 4.69) is 34.2 Å². The monoisotopic (exact) mass is 308 g/mol. The SMILES string of the molecule is CCOc1ccc(C=Nc2ccc(N3CCCCC3)cc2)cc1. The molecular weight excluding hydrogens is 284 g/mol. The number of aliphatic imine (C=N–C) groups is 1. The molecule has 0 unspecified atom stereocenters. The van der Waals surface area contributed by atoms with Crippen molar-refractivity contribution < 1.29 is 4.74 Å². The summed E-state index contributed by atoms with van der Waals surface area (Å²) in [5.41, 5.74) is 3.37. The lowest BCUT2D eigenvalue weighted by Crippen LogP contribution is -2.29. The van der Waals surface area contributed by atoms with Gasteiger partial charge in [-0.15, -0.1) is 0 Å². The average molecular weight is 308 g/mol. The molecule has 1 aliphatic rings. The molecule has 2 aromatic carbocycles. The summed E-state index contributed by atoms with van der Waals surface area (Å²) < 4.78 is 5.45. The highest BCUT2D eigenvalue weighted by Gasteiger charge is 2.10. The van der Waals surface area contributed by atoms with Crippen molar-refractivity contribution >= 4 is 17.6 Å². The quantitative estimate of drug-likeness (QED) is 0.739. The van der Waals surface area contributed by atoms with Crippen molar-refractivity contribution in [3.8, 4) is 5.75 Å². The van der Waals surface area contributed by atoms with Crippen molar-refractivity contribution in [3.63, 3.8) is 0 Å². The average Bonchev–Trinajstić information content (AvgIpc) is 2.63. The van der Waals surface area contributed by atoms with Crippen LogP contribution in [0.5, 0.6) is 5.75 Å². The first-order valence-electron chi connectivity index (χ1n) is 8.47. The second-order valence-corrected chi connectivity index (χ2v) is 5.82. The van der Waals surface area contributed by atoms with Crippen LogP contribution in [0.3, 0.4) is 0 Å². The first-order chi connectivity index (χ1) is 11.3. The minimum atomic E-state index is 0.691. The van der Waals surface area contributed by atoms with E-state index in [4.69, 9.17) is 4.74 Å². The van der Waals surface area contributed by atoms with Gasteiger partial charge in [0, 0.05) is 25.0 Å². The zero-order valence-corrected chi connectivity index (χ0v) is 13.7. The molecule has 0 amide bonds. The summed E-state index contributed by atoms with van der Waals surface area (Å²) in [7, 11) is 0. The van der Waals surface area contributed by atoms with Crippen molar-refractivity contribution in [2.24, 2.45) is 4.99 Å². The van der Waals surface area contributed by atoms with Crippen LogP contribution >= 0.6 is 0 Å². The number of hydrogen-bond acceptors (Lipinski definition) is 3. The highest BCUT2D eigenvalue weighted by molar-refractivity contribution is 5.82. The van der Waals surface area contributed by atoms with Gasteiger partial charge in [-0.2, -0.15) is 0 Å². The molecule has 1 aliphatic heterocycles. The van der Waals surface area contributed by atoms with Crippen molar-refractivity contribution in [2.45, 2.75) is 26.2 Å². The van der Waals surface area contributed by atoms with Crippen LogP contribution in [0, 0.1) is 0 Å². The van der Waals surface area contributed by atoms with Gasteiger partial charge >= 0.3 is 0 Å². The van der Waals surface area contributed by atoms with E-state index >= 15 is 0 Å². The van der Waals surface area contributed by atoms with Crippen LogP contribution in [0.2, 0.25) is 0 Å². The summed E-state index contributed by atoms with van der Waals surface area (Å²) in [5, 5.41) is 0. The number of benzene rings is 2. The first kappa shape index (κ1) is 15.6. The van der Waals surface area contributed by atoms with Gasteiger partial charge in [0.05, 0.1) is 12.3 Å². The smallest absolute Gasteiger partial charge is 0.119 e. The maximum absolute atomic E-state index is 5.45. The van der Waals surface area contributed by atoms with Crippen LogP contribution < -0.4 is 9.64 Å². The Balaban J connectivity index is 1.62. The standard InChI is InChI=1S/C20H24N2O/c1-2-23-20-12-6-17(7-13-20)16-21-18-8-10-19(11-9-18)22-14-4-3-5-15-22/h6-13,16H,2-5,14-15H2,1H3. The van der Waals surface area contributed by atoms with Gasteiger partial charge in [-0.3, -0.25) is 4.99 Å². The molecule has 0 saturated carbocycles. The second-order valence-electron chi connectivity index (χ2n) is 5.82. The van der Waals surface area contributed by atoms with E-state index in [0.717, 1.165) is 17.0 Å². The van der Waals surface area contributed by atoms with Gasteiger partial charge < -0.3 is 9.64 Å². The van der Waals surface area contributed by atoms with E-state index in [9.17, 15) is 0 Å². The van der Waals surface area contributed by atoms with E-state index in [1.165, 1.54) is 38.0 Å². The fourth-order valence-corrected chi connectivity index (χ4v) is 2.87. The fraction of sp³-hybridized carbons (Fsp3) is 0.350. The Hall–Kier alpha value is -2.29. The minimum Gasteiger partial charge on any atom is -0.494 e. The Labute approximate surface area is 138 Å². The van der Waals surface area contributed by atoms with Gasteiger partial charge in [0.1, 0.15) is 5.75 Å². The van der Waals surface area contributed by atoms with Gasteiger partial charge in [0.2, 0.25) is 0 Å². The molecule has 3 heteroatoms. The third kappa shape index (κ3) is 4.35. The van der Waals surface area contributed by atoms with E-state index in [0.29, 0.717) is 6.61 Å². The lowest BCUT2D eigenvalue weighted by Gasteiger charge is -2.28. The van der Waals surface area contributed by atoms with Crippen LogP contribution in [-0.4, -0.2) is 25.9 Å². The predicted octanol–water partition coefficient (Wildman–Crippen LogP) is 4.83. The topological polar surface area (TPSA) is 24.8 Å². The van der Waals surface area contributed by atoms with Crippen molar-refractivity contribution in [3.05, 3.63) is 54.1 Å². The lowest BCUT2D eigenvalue weighted by atomic mass is 10.1. The normalized spacial score (nSPS) is 15.1. The molecule has 1 heterocycles. The zero-order valence-electron chi connectivity index (χ0n) is 13.7. The molecule has 23 heavy (non-hydrogen) atoms. The van der Waals surface area contributed by atoms with Crippen molar-refractivity contribution in [1.82, 2.24) is 0 Å². The number of rotatable bonds is 5. The molecule has 0 aromatic heterocycles. The molecule has 0 radical (unpaired) electrons. The molecule has 3 nitrogen and oxygen atoms in total. The van der Waals surface area contributed by atoms with Gasteiger partial charge in [-0.1, -0.05) is 0 Å². The molecule has 0 spiro atoms. The lowest BCUT2D eigenvalue weighted by molar-refractivity contribution is 0.340. The Morgan fingerprint density at radius 1 is 0.957 bits per heavy atom. The molecule has 2 aromatic rings. The Kier molecular flexibility index (Phi) is 5.30. The summed E-state index contributed by atoms with van der Waals surface area (Å²) in [4.78, 5) is 7.02. The first-order valence-corrected chi connectivity index (χ1v) is 8.47. The number of hydrogen-bond donors (Lipinski definition) is 0. The third-order valence-corrected chi connectivity index (χ3v) is 4.12. The van der Waals surface area contributed by atoms with Gasteiger partial charge in [0.25, 0.3) is 0 Å². The molecule has 120 valence electrons. The second kappa shape index (κ2) is 7.82. The van der Waals surface area contributed by atoms with Gasteiger partial charge in [-0.05, 0) is 80.3 Å². The Morgan fingerprint density at radius 2 is 1.65 bits per heavy atom. The number of nitrogens with zero attached hydrogens (tertiary/aromatic N) is 2. The van der Waals surface area contributed by atoms with E-state index < -0.39 is 0 Å². The van der Waals surface area contributed by atoms with Crippen molar-refractivity contribution in [2.75, 3.05) is 24.6 Å². The highest BCUT2D eigenvalue weighted by atomic mass is 16.5. The maximum Gasteiger partial charge on any atom is 0.119 e. The van der Waals surface area contributed by atoms with Gasteiger partial charge in [-0.25, -0.2) is 0 Å². The summed E-state index contributed by atoms with van der Waals surface area (Å²) in [6.07, 6.45) is 5.86. The van der Waals surface area contributed by atoms with Crippen LogP contribution in [0.15, 0.2) is 53.5 Å².